The standard InChI is InChI=1S/C30H31N3O6/c1-32(2)21-30(27(34)35,31-28(36)38-19-22-11-5-3-6-12-22)17-24-18-33(26-16-10-9-15-25(24)26)29(37)39-20-23-13-7-4-8-14-23/h3-16,18H,17,19-21H2,1-2H3,(H,31,36)(H,34,35)/t30-/m0/s1. The molecule has 0 aliphatic heterocycles. The van der Waals surface area contributed by atoms with Gasteiger partial charge in [-0.25, -0.2) is 14.4 Å². The summed E-state index contributed by atoms with van der Waals surface area (Å²) in [6.45, 7) is 0.0770. The van der Waals surface area contributed by atoms with E-state index in [0.717, 1.165) is 11.1 Å². The molecule has 4 rings (SSSR count). The number of amides is 1. The van der Waals surface area contributed by atoms with Crippen LogP contribution >= 0.6 is 0 Å². The van der Waals surface area contributed by atoms with Crippen molar-refractivity contribution in [1.29, 1.82) is 0 Å². The summed E-state index contributed by atoms with van der Waals surface area (Å²) in [5.41, 5.74) is 1.02. The lowest BCUT2D eigenvalue weighted by molar-refractivity contribution is -0.145. The van der Waals surface area contributed by atoms with Crippen LogP contribution in [0.3, 0.4) is 0 Å². The van der Waals surface area contributed by atoms with Gasteiger partial charge in [-0.05, 0) is 36.9 Å². The third-order valence-electron chi connectivity index (χ3n) is 6.24. The van der Waals surface area contributed by atoms with Gasteiger partial charge in [0.05, 0.1) is 5.52 Å². The smallest absolute Gasteiger partial charge is 0.418 e. The minimum absolute atomic E-state index is 0.00308. The zero-order valence-corrected chi connectivity index (χ0v) is 21.9. The Morgan fingerprint density at radius 2 is 1.41 bits per heavy atom. The summed E-state index contributed by atoms with van der Waals surface area (Å²) >= 11 is 0. The maximum atomic E-state index is 13.0. The minimum Gasteiger partial charge on any atom is -0.479 e. The van der Waals surface area contributed by atoms with Crippen molar-refractivity contribution in [3.63, 3.8) is 0 Å². The number of nitrogens with zero attached hydrogens (tertiary/aromatic N) is 2. The van der Waals surface area contributed by atoms with Gasteiger partial charge in [-0.2, -0.15) is 0 Å². The number of rotatable bonds is 10. The number of carbonyl (C=O) groups excluding carboxylic acids is 2. The van der Waals surface area contributed by atoms with E-state index in [1.165, 1.54) is 4.57 Å². The molecule has 1 heterocycles. The lowest BCUT2D eigenvalue weighted by Gasteiger charge is -2.32. The fraction of sp³-hybridized carbons (Fsp3) is 0.233. The van der Waals surface area contributed by atoms with Crippen molar-refractivity contribution in [2.75, 3.05) is 20.6 Å². The van der Waals surface area contributed by atoms with Crippen LogP contribution in [0.1, 0.15) is 16.7 Å². The van der Waals surface area contributed by atoms with E-state index in [9.17, 15) is 19.5 Å². The Balaban J connectivity index is 1.60. The second-order valence-electron chi connectivity index (χ2n) is 9.57. The molecule has 39 heavy (non-hydrogen) atoms. The number of benzene rings is 3. The van der Waals surface area contributed by atoms with Gasteiger partial charge in [-0.1, -0.05) is 78.9 Å². The van der Waals surface area contributed by atoms with Gasteiger partial charge in [0, 0.05) is 24.5 Å². The quantitative estimate of drug-likeness (QED) is 0.307. The van der Waals surface area contributed by atoms with Gasteiger partial charge in [0.1, 0.15) is 13.2 Å². The molecule has 0 spiro atoms. The number of carboxylic acids is 1. The highest BCUT2D eigenvalue weighted by Crippen LogP contribution is 2.27. The molecule has 0 fully saturated rings. The molecule has 9 nitrogen and oxygen atoms in total. The van der Waals surface area contributed by atoms with Crippen LogP contribution in [0, 0.1) is 0 Å². The lowest BCUT2D eigenvalue weighted by Crippen LogP contribution is -2.61. The number of alkyl carbamates (subject to hydrolysis) is 1. The third kappa shape index (κ3) is 6.82. The van der Waals surface area contributed by atoms with Crippen LogP contribution in [0.4, 0.5) is 9.59 Å². The molecular formula is C30H31N3O6. The van der Waals surface area contributed by atoms with Gasteiger partial charge in [0.25, 0.3) is 0 Å². The summed E-state index contributed by atoms with van der Waals surface area (Å²) in [6.07, 6.45) is 0.0298. The fourth-order valence-electron chi connectivity index (χ4n) is 4.49. The van der Waals surface area contributed by atoms with Crippen LogP contribution < -0.4 is 5.32 Å². The van der Waals surface area contributed by atoms with Crippen molar-refractivity contribution < 1.29 is 29.0 Å². The van der Waals surface area contributed by atoms with Crippen LogP contribution in [0.15, 0.2) is 91.1 Å². The van der Waals surface area contributed by atoms with Crippen molar-refractivity contribution in [3.8, 4) is 0 Å². The summed E-state index contributed by atoms with van der Waals surface area (Å²) in [7, 11) is 3.44. The molecular weight excluding hydrogens is 498 g/mol. The van der Waals surface area contributed by atoms with E-state index < -0.39 is 23.7 Å². The Morgan fingerprint density at radius 3 is 2.00 bits per heavy atom. The van der Waals surface area contributed by atoms with E-state index in [1.54, 1.807) is 43.4 Å². The Bertz CT molecular complexity index is 1440. The summed E-state index contributed by atoms with van der Waals surface area (Å²) in [5.74, 6) is -1.23. The zero-order chi connectivity index (χ0) is 27.8. The molecule has 0 saturated carbocycles. The number of fused-ring (bicyclic) bond motifs is 1. The Labute approximate surface area is 226 Å². The first-order valence-corrected chi connectivity index (χ1v) is 12.4. The van der Waals surface area contributed by atoms with Gasteiger partial charge < -0.3 is 24.8 Å². The molecule has 0 saturated heterocycles. The van der Waals surface area contributed by atoms with E-state index in [0.29, 0.717) is 16.5 Å². The van der Waals surface area contributed by atoms with Gasteiger partial charge in [-0.3, -0.25) is 4.57 Å². The highest BCUT2D eigenvalue weighted by atomic mass is 16.6. The SMILES string of the molecule is CN(C)C[C@](Cc1cn(C(=O)OCc2ccccc2)c2ccccc12)(NC(=O)OCc1ccccc1)C(=O)O. The van der Waals surface area contributed by atoms with Crippen LogP contribution in [-0.2, 0) is 33.9 Å². The normalized spacial score (nSPS) is 12.6. The van der Waals surface area contributed by atoms with Crippen molar-refractivity contribution in [2.45, 2.75) is 25.2 Å². The first kappa shape index (κ1) is 27.4. The highest BCUT2D eigenvalue weighted by molar-refractivity contribution is 5.93. The van der Waals surface area contributed by atoms with Gasteiger partial charge in [0.15, 0.2) is 5.54 Å². The van der Waals surface area contributed by atoms with Gasteiger partial charge >= 0.3 is 18.2 Å². The molecule has 0 radical (unpaired) electrons. The minimum atomic E-state index is -1.74. The number of hydrogen-bond acceptors (Lipinski definition) is 6. The second kappa shape index (κ2) is 12.3. The summed E-state index contributed by atoms with van der Waals surface area (Å²) in [6, 6.07) is 25.6. The van der Waals surface area contributed by atoms with Crippen LogP contribution in [0.25, 0.3) is 10.9 Å². The number of nitrogens with one attached hydrogen (secondary N) is 1. The fourth-order valence-corrected chi connectivity index (χ4v) is 4.49. The van der Waals surface area contributed by atoms with Crippen molar-refractivity contribution in [2.24, 2.45) is 0 Å². The average molecular weight is 530 g/mol. The number of ether oxygens (including phenoxy) is 2. The number of hydrogen-bond donors (Lipinski definition) is 2. The van der Waals surface area contributed by atoms with E-state index in [-0.39, 0.29) is 26.2 Å². The first-order chi connectivity index (χ1) is 18.8. The molecule has 1 atom stereocenters. The molecule has 0 aliphatic carbocycles. The number of para-hydroxylation sites is 1. The Morgan fingerprint density at radius 1 is 0.846 bits per heavy atom. The van der Waals surface area contributed by atoms with Crippen LogP contribution in [0.2, 0.25) is 0 Å². The van der Waals surface area contributed by atoms with Gasteiger partial charge in [-0.15, -0.1) is 0 Å². The average Bonchev–Trinajstić information content (AvgIpc) is 3.29. The second-order valence-corrected chi connectivity index (χ2v) is 9.57. The molecule has 0 aliphatic rings. The lowest BCUT2D eigenvalue weighted by atomic mass is 9.90. The maximum Gasteiger partial charge on any atom is 0.418 e. The number of aliphatic carboxylic acids is 1. The molecule has 0 bridgehead atoms. The molecule has 2 N–H and O–H groups in total. The Kier molecular flexibility index (Phi) is 8.63. The van der Waals surface area contributed by atoms with Crippen molar-refractivity contribution >= 4 is 29.1 Å². The maximum absolute atomic E-state index is 13.0. The first-order valence-electron chi connectivity index (χ1n) is 12.4. The number of likely N-dealkylation sites (N-methyl/N-ethyl adjacent to an activating group) is 1. The number of carboxylic acid groups (broad SMARTS) is 1. The molecule has 202 valence electrons. The van der Waals surface area contributed by atoms with E-state index in [1.807, 2.05) is 66.7 Å². The largest absolute Gasteiger partial charge is 0.479 e. The highest BCUT2D eigenvalue weighted by Gasteiger charge is 2.42. The Hall–Kier alpha value is -4.63. The predicted molar refractivity (Wildman–Crippen MR) is 146 cm³/mol. The molecule has 3 aromatic carbocycles. The number of carbonyl (C=O) groups is 3. The molecule has 9 heteroatoms. The van der Waals surface area contributed by atoms with E-state index >= 15 is 0 Å². The monoisotopic (exact) mass is 529 g/mol. The predicted octanol–water partition coefficient (Wildman–Crippen LogP) is 4.68. The number of aromatic nitrogens is 1. The van der Waals surface area contributed by atoms with Crippen molar-refractivity contribution in [3.05, 3.63) is 108 Å². The van der Waals surface area contributed by atoms with E-state index in [4.69, 9.17) is 9.47 Å². The topological polar surface area (TPSA) is 110 Å². The summed E-state index contributed by atoms with van der Waals surface area (Å²) < 4.78 is 12.2. The molecule has 4 aromatic rings. The van der Waals surface area contributed by atoms with Gasteiger partial charge in [0.2, 0.25) is 0 Å². The summed E-state index contributed by atoms with van der Waals surface area (Å²) in [4.78, 5) is 40.2. The van der Waals surface area contributed by atoms with Crippen molar-refractivity contribution in [1.82, 2.24) is 14.8 Å². The molecule has 1 amide bonds. The molecule has 0 unspecified atom stereocenters. The van der Waals surface area contributed by atoms with E-state index in [2.05, 4.69) is 5.32 Å². The van der Waals surface area contributed by atoms with Crippen LogP contribution in [0.5, 0.6) is 0 Å². The summed E-state index contributed by atoms with van der Waals surface area (Å²) in [5, 5.41) is 13.7. The molecule has 1 aromatic heterocycles. The van der Waals surface area contributed by atoms with Crippen LogP contribution in [-0.4, -0.2) is 58.9 Å². The zero-order valence-electron chi connectivity index (χ0n) is 21.9. The third-order valence-corrected chi connectivity index (χ3v) is 6.24.